The quantitative estimate of drug-likeness (QED) is 0.127. The number of benzene rings is 13. The third-order valence-corrected chi connectivity index (χ3v) is 16.0. The lowest BCUT2D eigenvalue weighted by atomic mass is 9.69. The highest BCUT2D eigenvalue weighted by atomic mass is 16.3. The summed E-state index contributed by atoms with van der Waals surface area (Å²) in [5.41, 5.74) is 19.5. The van der Waals surface area contributed by atoms with Crippen LogP contribution in [0.2, 0.25) is 0 Å². The highest BCUT2D eigenvalue weighted by Gasteiger charge is 2.53. The molecular formula is C69H40O. The molecule has 2 aliphatic rings. The van der Waals surface area contributed by atoms with Gasteiger partial charge in [0.1, 0.15) is 11.2 Å². The summed E-state index contributed by atoms with van der Waals surface area (Å²) in [7, 11) is 0. The van der Waals surface area contributed by atoms with Gasteiger partial charge in [0.2, 0.25) is 0 Å². The lowest BCUT2D eigenvalue weighted by molar-refractivity contribution is 0.669. The Morgan fingerprint density at radius 1 is 0.243 bits per heavy atom. The highest BCUT2D eigenvalue weighted by molar-refractivity contribution is 6.24. The molecule has 0 bridgehead atoms. The number of fused-ring (bicyclic) bond motifs is 22. The van der Waals surface area contributed by atoms with Crippen LogP contribution in [0.4, 0.5) is 0 Å². The number of hydrogen-bond donors (Lipinski definition) is 0. The van der Waals surface area contributed by atoms with E-state index in [-0.39, 0.29) is 0 Å². The smallest absolute Gasteiger partial charge is 0.135 e. The van der Waals surface area contributed by atoms with Crippen LogP contribution < -0.4 is 0 Å². The highest BCUT2D eigenvalue weighted by Crippen LogP contribution is 2.66. The summed E-state index contributed by atoms with van der Waals surface area (Å²) in [5.74, 6) is 0. The van der Waals surface area contributed by atoms with E-state index in [1.165, 1.54) is 132 Å². The summed E-state index contributed by atoms with van der Waals surface area (Å²) in [6.45, 7) is 0. The fourth-order valence-corrected chi connectivity index (χ4v) is 13.3. The molecule has 322 valence electrons. The first-order chi connectivity index (χ1) is 34.7. The van der Waals surface area contributed by atoms with Crippen LogP contribution in [-0.2, 0) is 5.41 Å². The van der Waals surface area contributed by atoms with E-state index in [2.05, 4.69) is 237 Å². The molecule has 0 unspecified atom stereocenters. The molecule has 1 aromatic heterocycles. The van der Waals surface area contributed by atoms with E-state index >= 15 is 0 Å². The maximum absolute atomic E-state index is 6.26. The second-order valence-electron chi connectivity index (χ2n) is 19.3. The van der Waals surface area contributed by atoms with Crippen molar-refractivity contribution in [2.24, 2.45) is 0 Å². The van der Waals surface area contributed by atoms with Crippen molar-refractivity contribution >= 4 is 75.8 Å². The van der Waals surface area contributed by atoms with Crippen LogP contribution >= 0.6 is 0 Å². The molecule has 70 heavy (non-hydrogen) atoms. The second-order valence-corrected chi connectivity index (χ2v) is 19.3. The second kappa shape index (κ2) is 14.0. The van der Waals surface area contributed by atoms with Crippen LogP contribution in [0, 0.1) is 0 Å². The van der Waals surface area contributed by atoms with Gasteiger partial charge in [-0.2, -0.15) is 0 Å². The molecule has 14 aromatic rings. The van der Waals surface area contributed by atoms with Crippen molar-refractivity contribution in [3.05, 3.63) is 265 Å². The van der Waals surface area contributed by atoms with Gasteiger partial charge in [-0.05, 0) is 156 Å². The van der Waals surface area contributed by atoms with E-state index in [0.29, 0.717) is 0 Å². The van der Waals surface area contributed by atoms with Gasteiger partial charge in [-0.3, -0.25) is 0 Å². The first kappa shape index (κ1) is 38.0. The summed E-state index contributed by atoms with van der Waals surface area (Å²) < 4.78 is 6.26. The van der Waals surface area contributed by atoms with Crippen molar-refractivity contribution in [2.75, 3.05) is 0 Å². The van der Waals surface area contributed by atoms with Crippen LogP contribution in [0.5, 0.6) is 0 Å². The first-order valence-electron chi connectivity index (χ1n) is 24.4. The van der Waals surface area contributed by atoms with Crippen molar-refractivity contribution in [3.63, 3.8) is 0 Å². The van der Waals surface area contributed by atoms with Crippen molar-refractivity contribution < 1.29 is 4.42 Å². The van der Waals surface area contributed by atoms with E-state index in [1.807, 2.05) is 6.07 Å². The third kappa shape index (κ3) is 4.90. The predicted molar refractivity (Wildman–Crippen MR) is 294 cm³/mol. The molecule has 2 aliphatic carbocycles. The van der Waals surface area contributed by atoms with Crippen molar-refractivity contribution in [1.82, 2.24) is 0 Å². The fourth-order valence-electron chi connectivity index (χ4n) is 13.3. The number of hydrogen-bond acceptors (Lipinski definition) is 1. The maximum Gasteiger partial charge on any atom is 0.135 e. The topological polar surface area (TPSA) is 13.1 Å². The molecule has 1 spiro atoms. The Hall–Kier alpha value is -9.04. The van der Waals surface area contributed by atoms with Crippen LogP contribution in [0.1, 0.15) is 22.3 Å². The predicted octanol–water partition coefficient (Wildman–Crippen LogP) is 18.7. The Kier molecular flexibility index (Phi) is 7.60. The van der Waals surface area contributed by atoms with Gasteiger partial charge in [0.15, 0.2) is 0 Å². The van der Waals surface area contributed by atoms with Gasteiger partial charge < -0.3 is 4.42 Å². The average molecular weight is 885 g/mol. The molecule has 16 rings (SSSR count). The SMILES string of the molecule is c1ccc2c(c1)-c1ccccc1C21c2ccc3ccccc3c2-c2c1c1ccc(-c3ccc(-c4c5ccccc5c(-c5ccc6oc7ccccc7c6c5)c5ccccc45)cc3)cc1c1ccccc21. The molecule has 0 atom stereocenters. The molecule has 13 aromatic carbocycles. The Morgan fingerprint density at radius 2 is 0.729 bits per heavy atom. The van der Waals surface area contributed by atoms with E-state index in [0.717, 1.165) is 21.9 Å². The molecule has 0 saturated heterocycles. The summed E-state index contributed by atoms with van der Waals surface area (Å²) in [6, 6.07) is 90.7. The third-order valence-electron chi connectivity index (χ3n) is 16.0. The Morgan fingerprint density at radius 3 is 1.41 bits per heavy atom. The molecule has 0 radical (unpaired) electrons. The van der Waals surface area contributed by atoms with Gasteiger partial charge in [-0.25, -0.2) is 0 Å². The summed E-state index contributed by atoms with van der Waals surface area (Å²) in [4.78, 5) is 0. The van der Waals surface area contributed by atoms with Gasteiger partial charge in [0.05, 0.1) is 5.41 Å². The van der Waals surface area contributed by atoms with Gasteiger partial charge in [0, 0.05) is 10.8 Å². The summed E-state index contributed by atoms with van der Waals surface area (Å²) >= 11 is 0. The van der Waals surface area contributed by atoms with Gasteiger partial charge in [-0.1, -0.05) is 218 Å². The molecular weight excluding hydrogens is 845 g/mol. The number of furan rings is 1. The fraction of sp³-hybridized carbons (Fsp3) is 0.0145. The minimum absolute atomic E-state index is 0.477. The summed E-state index contributed by atoms with van der Waals surface area (Å²) in [5, 5.41) is 15.0. The normalized spacial score (nSPS) is 13.3. The monoisotopic (exact) mass is 884 g/mol. The standard InChI is InChI=1S/C69H40O/c1-2-16-46-42(15-1)34-37-61-66(46)67-51-21-4-3-17-47(51)57-39-44(33-36-56(57)68(67)69(61)59-26-12-9-18-48(59)49-19-10-13-27-60(49)69)41-29-31-43(32-30-41)64-52-22-5-7-24-54(52)65(55-25-8-6-23-53(55)64)45-35-38-63-58(40-45)50-20-11-14-28-62(50)70-63/h1-40H. The Bertz CT molecular complexity index is 4480. The maximum atomic E-state index is 6.26. The lowest BCUT2D eigenvalue weighted by Gasteiger charge is -2.32. The number of rotatable bonds is 3. The van der Waals surface area contributed by atoms with Gasteiger partial charge in [-0.15, -0.1) is 0 Å². The molecule has 0 amide bonds. The zero-order valence-electron chi connectivity index (χ0n) is 38.0. The molecule has 1 heterocycles. The zero-order chi connectivity index (χ0) is 45.7. The van der Waals surface area contributed by atoms with Crippen LogP contribution in [0.15, 0.2) is 247 Å². The minimum atomic E-state index is -0.477. The largest absolute Gasteiger partial charge is 0.456 e. The van der Waals surface area contributed by atoms with Crippen molar-refractivity contribution in [1.29, 1.82) is 0 Å². The molecule has 0 fully saturated rings. The molecule has 0 N–H and O–H groups in total. The van der Waals surface area contributed by atoms with Crippen LogP contribution in [-0.4, -0.2) is 0 Å². The van der Waals surface area contributed by atoms with Crippen LogP contribution in [0.25, 0.3) is 131 Å². The average Bonchev–Trinajstić information content (AvgIpc) is 4.07. The van der Waals surface area contributed by atoms with Gasteiger partial charge in [0.25, 0.3) is 0 Å². The van der Waals surface area contributed by atoms with Crippen LogP contribution in [0.3, 0.4) is 0 Å². The molecule has 0 aliphatic heterocycles. The lowest BCUT2D eigenvalue weighted by Crippen LogP contribution is -2.26. The molecule has 1 nitrogen and oxygen atoms in total. The van der Waals surface area contributed by atoms with Crippen molar-refractivity contribution in [3.8, 4) is 55.6 Å². The van der Waals surface area contributed by atoms with Gasteiger partial charge >= 0.3 is 0 Å². The first-order valence-corrected chi connectivity index (χ1v) is 24.4. The van der Waals surface area contributed by atoms with E-state index < -0.39 is 5.41 Å². The minimum Gasteiger partial charge on any atom is -0.456 e. The Labute approximate surface area is 404 Å². The van der Waals surface area contributed by atoms with E-state index in [9.17, 15) is 0 Å². The zero-order valence-corrected chi connectivity index (χ0v) is 38.0. The van der Waals surface area contributed by atoms with E-state index in [1.54, 1.807) is 0 Å². The summed E-state index contributed by atoms with van der Waals surface area (Å²) in [6.07, 6.45) is 0. The van der Waals surface area contributed by atoms with E-state index in [4.69, 9.17) is 4.42 Å². The molecule has 0 saturated carbocycles. The van der Waals surface area contributed by atoms with Crippen molar-refractivity contribution in [2.45, 2.75) is 5.41 Å². The molecule has 1 heteroatoms. The Balaban J connectivity index is 0.896. The number of para-hydroxylation sites is 1.